The molecule has 186 valence electrons. The van der Waals surface area contributed by atoms with Crippen LogP contribution in [0.4, 0.5) is 26.3 Å². The van der Waals surface area contributed by atoms with Gasteiger partial charge in [0.25, 0.3) is 5.91 Å². The Labute approximate surface area is 194 Å². The zero-order chi connectivity index (χ0) is 25.6. The zero-order valence-corrected chi connectivity index (χ0v) is 18.3. The van der Waals surface area contributed by atoms with Gasteiger partial charge in [0.05, 0.1) is 15.7 Å². The Hall–Kier alpha value is -3.42. The maximum atomic E-state index is 13.0. The van der Waals surface area contributed by atoms with Crippen molar-refractivity contribution < 1.29 is 44.1 Å². The predicted octanol–water partition coefficient (Wildman–Crippen LogP) is 4.46. The van der Waals surface area contributed by atoms with Gasteiger partial charge >= 0.3 is 18.2 Å². The lowest BCUT2D eigenvalue weighted by molar-refractivity contribution is -0.159. The highest BCUT2D eigenvalue weighted by atomic mass is 32.2. The number of hydrogen-bond donors (Lipinski definition) is 0. The average molecular weight is 519 g/mol. The molecule has 2 heterocycles. The molecule has 1 aromatic heterocycles. The molecule has 0 spiro atoms. The van der Waals surface area contributed by atoms with Crippen LogP contribution in [0.25, 0.3) is 11.4 Å². The van der Waals surface area contributed by atoms with Crippen molar-refractivity contribution in [3.05, 3.63) is 65.5 Å². The van der Waals surface area contributed by atoms with E-state index in [9.17, 15) is 39.6 Å². The van der Waals surface area contributed by atoms with E-state index in [2.05, 4.69) is 14.7 Å². The zero-order valence-electron chi connectivity index (χ0n) is 17.5. The first-order valence-electron chi connectivity index (χ1n) is 9.98. The first kappa shape index (κ1) is 24.7. The molecule has 0 bridgehead atoms. The van der Waals surface area contributed by atoms with Crippen molar-refractivity contribution in [3.8, 4) is 11.4 Å². The summed E-state index contributed by atoms with van der Waals surface area (Å²) in [6.07, 6.45) is -9.26. The van der Waals surface area contributed by atoms with Gasteiger partial charge < -0.3 is 9.42 Å². The monoisotopic (exact) mass is 519 g/mol. The third-order valence-corrected chi connectivity index (χ3v) is 7.63. The first-order valence-corrected chi connectivity index (χ1v) is 11.5. The van der Waals surface area contributed by atoms with Crippen molar-refractivity contribution in [2.75, 3.05) is 13.1 Å². The maximum absolute atomic E-state index is 13.0. The normalized spacial score (nSPS) is 17.1. The van der Waals surface area contributed by atoms with Crippen LogP contribution in [-0.2, 0) is 22.2 Å². The van der Waals surface area contributed by atoms with Gasteiger partial charge in [0.15, 0.2) is 9.84 Å². The fraction of sp³-hybridized carbons (Fsp3) is 0.286. The van der Waals surface area contributed by atoms with Crippen LogP contribution in [0.1, 0.15) is 28.2 Å². The van der Waals surface area contributed by atoms with Gasteiger partial charge in [-0.25, -0.2) is 8.42 Å². The molecule has 0 N–H and O–H groups in total. The van der Waals surface area contributed by atoms with Crippen LogP contribution in [0.3, 0.4) is 0 Å². The van der Waals surface area contributed by atoms with Gasteiger partial charge in [0.2, 0.25) is 5.82 Å². The van der Waals surface area contributed by atoms with Crippen LogP contribution in [0, 0.1) is 0 Å². The molecule has 4 rings (SSSR count). The smallest absolute Gasteiger partial charge is 0.337 e. The summed E-state index contributed by atoms with van der Waals surface area (Å²) in [4.78, 5) is 17.0. The topological polar surface area (TPSA) is 93.4 Å². The van der Waals surface area contributed by atoms with Crippen molar-refractivity contribution in [3.63, 3.8) is 0 Å². The molecule has 0 radical (unpaired) electrons. The van der Waals surface area contributed by atoms with Gasteiger partial charge in [-0.15, -0.1) is 0 Å². The van der Waals surface area contributed by atoms with E-state index in [0.29, 0.717) is 0 Å². The molecule has 1 aliphatic rings. The molecule has 1 atom stereocenters. The van der Waals surface area contributed by atoms with Crippen LogP contribution >= 0.6 is 0 Å². The van der Waals surface area contributed by atoms with Crippen molar-refractivity contribution in [2.24, 2.45) is 0 Å². The van der Waals surface area contributed by atoms with E-state index in [4.69, 9.17) is 0 Å². The molecule has 35 heavy (non-hydrogen) atoms. The minimum Gasteiger partial charge on any atom is -0.337 e. The minimum atomic E-state index is -4.82. The van der Waals surface area contributed by atoms with E-state index in [1.54, 1.807) is 0 Å². The molecule has 1 fully saturated rings. The third kappa shape index (κ3) is 5.01. The van der Waals surface area contributed by atoms with Crippen molar-refractivity contribution in [1.29, 1.82) is 0 Å². The molecule has 1 amide bonds. The van der Waals surface area contributed by atoms with E-state index in [0.717, 1.165) is 24.3 Å². The maximum Gasteiger partial charge on any atom is 0.471 e. The molecule has 7 nitrogen and oxygen atoms in total. The van der Waals surface area contributed by atoms with Gasteiger partial charge in [-0.2, -0.15) is 31.3 Å². The second-order valence-corrected chi connectivity index (χ2v) is 9.96. The van der Waals surface area contributed by atoms with Crippen LogP contribution in [0.5, 0.6) is 0 Å². The Morgan fingerprint density at radius 3 is 2.11 bits per heavy atom. The van der Waals surface area contributed by atoms with E-state index in [-0.39, 0.29) is 41.4 Å². The summed E-state index contributed by atoms with van der Waals surface area (Å²) in [5.41, 5.74) is -0.803. The quantitative estimate of drug-likeness (QED) is 0.473. The molecule has 2 aromatic carbocycles. The van der Waals surface area contributed by atoms with E-state index in [1.807, 2.05) is 0 Å². The molecule has 3 aromatic rings. The second-order valence-electron chi connectivity index (χ2n) is 7.73. The SMILES string of the molecule is O=C(c1ccc(C(F)(F)F)cc1)N1CC[C@H](S(=O)(=O)c2ccc(-c3noc(C(F)(F)F)n3)cc2)C1. The molecule has 0 aliphatic carbocycles. The van der Waals surface area contributed by atoms with Gasteiger partial charge in [-0.1, -0.05) is 5.16 Å². The van der Waals surface area contributed by atoms with E-state index < -0.39 is 44.8 Å². The van der Waals surface area contributed by atoms with Crippen LogP contribution in [0.15, 0.2) is 57.9 Å². The summed E-state index contributed by atoms with van der Waals surface area (Å²) < 4.78 is 106. The van der Waals surface area contributed by atoms with Crippen LogP contribution in [0.2, 0.25) is 0 Å². The second kappa shape index (κ2) is 8.66. The minimum absolute atomic E-state index is 0.00117. The van der Waals surface area contributed by atoms with Crippen LogP contribution in [-0.4, -0.2) is 47.7 Å². The Bertz CT molecular complexity index is 1330. The number of aromatic nitrogens is 2. The summed E-state index contributed by atoms with van der Waals surface area (Å²) >= 11 is 0. The molecule has 0 unspecified atom stereocenters. The summed E-state index contributed by atoms with van der Waals surface area (Å²) in [5.74, 6) is -2.49. The number of likely N-dealkylation sites (tertiary alicyclic amines) is 1. The first-order chi connectivity index (χ1) is 16.3. The molecular formula is C21H15F6N3O4S. The van der Waals surface area contributed by atoms with Crippen molar-refractivity contribution >= 4 is 15.7 Å². The molecule has 1 saturated heterocycles. The highest BCUT2D eigenvalue weighted by Crippen LogP contribution is 2.32. The van der Waals surface area contributed by atoms with Crippen LogP contribution < -0.4 is 0 Å². The lowest BCUT2D eigenvalue weighted by Gasteiger charge is -2.17. The lowest BCUT2D eigenvalue weighted by Crippen LogP contribution is -2.32. The van der Waals surface area contributed by atoms with Gasteiger partial charge in [0, 0.05) is 24.2 Å². The number of carbonyl (C=O) groups excluding carboxylic acids is 1. The van der Waals surface area contributed by atoms with Crippen molar-refractivity contribution in [1.82, 2.24) is 15.0 Å². The number of nitrogens with zero attached hydrogens (tertiary/aromatic N) is 3. The number of rotatable bonds is 4. The number of carbonyl (C=O) groups is 1. The molecular weight excluding hydrogens is 504 g/mol. The van der Waals surface area contributed by atoms with E-state index in [1.165, 1.54) is 29.2 Å². The Kier molecular flexibility index (Phi) is 6.11. The summed E-state index contributed by atoms with van der Waals surface area (Å²) in [6, 6.07) is 8.47. The summed E-state index contributed by atoms with van der Waals surface area (Å²) in [7, 11) is -3.92. The van der Waals surface area contributed by atoms with Gasteiger partial charge in [0.1, 0.15) is 0 Å². The van der Waals surface area contributed by atoms with Gasteiger partial charge in [-0.3, -0.25) is 4.79 Å². The van der Waals surface area contributed by atoms with E-state index >= 15 is 0 Å². The third-order valence-electron chi connectivity index (χ3n) is 5.44. The fourth-order valence-electron chi connectivity index (χ4n) is 3.59. The lowest BCUT2D eigenvalue weighted by atomic mass is 10.1. The summed E-state index contributed by atoms with van der Waals surface area (Å²) in [6.45, 7) is -0.0748. The number of sulfone groups is 1. The molecule has 1 aliphatic heterocycles. The fourth-order valence-corrected chi connectivity index (χ4v) is 5.28. The summed E-state index contributed by atoms with van der Waals surface area (Å²) in [5, 5.41) is 2.27. The number of alkyl halides is 6. The number of amides is 1. The predicted molar refractivity (Wildman–Crippen MR) is 108 cm³/mol. The standard InChI is InChI=1S/C21H15F6N3O4S/c22-20(23,24)14-5-1-13(2-6-14)18(31)30-10-9-16(11-30)35(32,33)15-7-3-12(4-8-15)17-28-19(34-29-17)21(25,26)27/h1-8,16H,9-11H2/t16-/m0/s1. The highest BCUT2D eigenvalue weighted by molar-refractivity contribution is 7.92. The average Bonchev–Trinajstić information content (AvgIpc) is 3.49. The van der Waals surface area contributed by atoms with Crippen molar-refractivity contribution in [2.45, 2.75) is 28.9 Å². The Morgan fingerprint density at radius 2 is 1.57 bits per heavy atom. The molecule has 14 heteroatoms. The van der Waals surface area contributed by atoms with Gasteiger partial charge in [-0.05, 0) is 55.0 Å². The highest BCUT2D eigenvalue weighted by Gasteiger charge is 2.39. The molecule has 0 saturated carbocycles. The Morgan fingerprint density at radius 1 is 0.943 bits per heavy atom. The largest absolute Gasteiger partial charge is 0.471 e. The number of halogens is 6. The number of benzene rings is 2. The number of hydrogen-bond acceptors (Lipinski definition) is 6. The Balaban J connectivity index is 1.46.